The smallest absolute Gasteiger partial charge is 0.326 e. The number of carboxylic acids is 1. The number of nitrogens with one attached hydrogen (secondary N) is 1. The van der Waals surface area contributed by atoms with E-state index in [1.807, 2.05) is 21.8 Å². The second kappa shape index (κ2) is 5.59. The molecule has 94 valence electrons. The summed E-state index contributed by atoms with van der Waals surface area (Å²) < 4.78 is 0. The SMILES string of the molecule is CN1CCN(NC(C(=O)O)c2ccsc2)CC1. The molecule has 6 heteroatoms. The summed E-state index contributed by atoms with van der Waals surface area (Å²) in [5.74, 6) is -0.831. The summed E-state index contributed by atoms with van der Waals surface area (Å²) >= 11 is 1.52. The molecule has 0 spiro atoms. The molecule has 0 aliphatic carbocycles. The zero-order chi connectivity index (χ0) is 12.3. The highest BCUT2D eigenvalue weighted by Crippen LogP contribution is 2.17. The molecule has 5 nitrogen and oxygen atoms in total. The zero-order valence-electron chi connectivity index (χ0n) is 9.80. The van der Waals surface area contributed by atoms with Gasteiger partial charge in [0.25, 0.3) is 0 Å². The molecule has 0 amide bonds. The lowest BCUT2D eigenvalue weighted by Gasteiger charge is -2.34. The van der Waals surface area contributed by atoms with Crippen LogP contribution in [0.5, 0.6) is 0 Å². The normalized spacial score (nSPS) is 20.3. The number of thiophene rings is 1. The Kier molecular flexibility index (Phi) is 4.11. The van der Waals surface area contributed by atoms with Crippen LogP contribution in [0, 0.1) is 0 Å². The van der Waals surface area contributed by atoms with Gasteiger partial charge in [-0.15, -0.1) is 0 Å². The first-order valence-corrected chi connectivity index (χ1v) is 6.55. The third-order valence-corrected chi connectivity index (χ3v) is 3.64. The molecular formula is C11H17N3O2S. The van der Waals surface area contributed by atoms with Crippen LogP contribution in [-0.2, 0) is 4.79 Å². The Labute approximate surface area is 105 Å². The predicted octanol–water partition coefficient (Wildman–Crippen LogP) is 0.626. The van der Waals surface area contributed by atoms with Crippen molar-refractivity contribution < 1.29 is 9.90 Å². The fourth-order valence-electron chi connectivity index (χ4n) is 1.83. The van der Waals surface area contributed by atoms with Crippen LogP contribution >= 0.6 is 11.3 Å². The highest BCUT2D eigenvalue weighted by atomic mass is 32.1. The second-order valence-electron chi connectivity index (χ2n) is 4.25. The quantitative estimate of drug-likeness (QED) is 0.826. The third kappa shape index (κ3) is 3.26. The van der Waals surface area contributed by atoms with E-state index < -0.39 is 12.0 Å². The van der Waals surface area contributed by atoms with Crippen LogP contribution in [0.3, 0.4) is 0 Å². The number of rotatable bonds is 4. The topological polar surface area (TPSA) is 55.8 Å². The first kappa shape index (κ1) is 12.5. The average molecular weight is 255 g/mol. The Morgan fingerprint density at radius 3 is 2.71 bits per heavy atom. The Bertz CT molecular complexity index is 361. The van der Waals surface area contributed by atoms with E-state index >= 15 is 0 Å². The van der Waals surface area contributed by atoms with Crippen LogP contribution in [0.15, 0.2) is 16.8 Å². The molecule has 17 heavy (non-hydrogen) atoms. The number of nitrogens with zero attached hydrogens (tertiary/aromatic N) is 2. The molecule has 2 rings (SSSR count). The number of carbonyl (C=O) groups is 1. The maximum Gasteiger partial charge on any atom is 0.326 e. The van der Waals surface area contributed by atoms with E-state index in [4.69, 9.17) is 0 Å². The number of likely N-dealkylation sites (N-methyl/N-ethyl adjacent to an activating group) is 1. The molecular weight excluding hydrogens is 238 g/mol. The molecule has 1 atom stereocenters. The summed E-state index contributed by atoms with van der Waals surface area (Å²) in [6, 6.07) is 1.22. The maximum absolute atomic E-state index is 11.2. The van der Waals surface area contributed by atoms with Crippen molar-refractivity contribution in [2.24, 2.45) is 0 Å². The van der Waals surface area contributed by atoms with Gasteiger partial charge < -0.3 is 10.0 Å². The van der Waals surface area contributed by atoms with E-state index in [1.165, 1.54) is 11.3 Å². The molecule has 0 bridgehead atoms. The van der Waals surface area contributed by atoms with Gasteiger partial charge in [0, 0.05) is 26.2 Å². The number of aliphatic carboxylic acids is 1. The molecule has 0 saturated carbocycles. The van der Waals surface area contributed by atoms with Gasteiger partial charge in [-0.1, -0.05) is 0 Å². The van der Waals surface area contributed by atoms with Gasteiger partial charge in [0.05, 0.1) is 0 Å². The van der Waals surface area contributed by atoms with Crippen molar-refractivity contribution in [1.82, 2.24) is 15.3 Å². The Balaban J connectivity index is 1.97. The number of hydrogen-bond acceptors (Lipinski definition) is 5. The summed E-state index contributed by atoms with van der Waals surface area (Å²) in [4.78, 5) is 13.5. The minimum atomic E-state index is -0.831. The third-order valence-electron chi connectivity index (χ3n) is 2.94. The van der Waals surface area contributed by atoms with Crippen molar-refractivity contribution >= 4 is 17.3 Å². The van der Waals surface area contributed by atoms with E-state index in [1.54, 1.807) is 0 Å². The number of carboxylic acid groups (broad SMARTS) is 1. The first-order valence-electron chi connectivity index (χ1n) is 5.61. The van der Waals surface area contributed by atoms with Crippen molar-refractivity contribution in [3.63, 3.8) is 0 Å². The average Bonchev–Trinajstić information content (AvgIpc) is 2.81. The number of hydrazine groups is 1. The van der Waals surface area contributed by atoms with E-state index in [2.05, 4.69) is 17.4 Å². The molecule has 2 heterocycles. The summed E-state index contributed by atoms with van der Waals surface area (Å²) in [5, 5.41) is 15.0. The van der Waals surface area contributed by atoms with Crippen LogP contribution in [0.1, 0.15) is 11.6 Å². The molecule has 1 aliphatic heterocycles. The molecule has 1 saturated heterocycles. The van der Waals surface area contributed by atoms with E-state index in [-0.39, 0.29) is 0 Å². The summed E-state index contributed by atoms with van der Waals surface area (Å²) in [6.45, 7) is 3.63. The van der Waals surface area contributed by atoms with Gasteiger partial charge in [0.2, 0.25) is 0 Å². The Hall–Kier alpha value is -0.950. The van der Waals surface area contributed by atoms with Crippen molar-refractivity contribution in [3.8, 4) is 0 Å². The van der Waals surface area contributed by atoms with Crippen molar-refractivity contribution in [1.29, 1.82) is 0 Å². The number of hydrogen-bond donors (Lipinski definition) is 2. The lowest BCUT2D eigenvalue weighted by Crippen LogP contribution is -2.52. The standard InChI is InChI=1S/C11H17N3O2S/c1-13-3-5-14(6-4-13)12-10(11(15)16)9-2-7-17-8-9/h2,7-8,10,12H,3-6H2,1H3,(H,15,16). The van der Waals surface area contributed by atoms with Gasteiger partial charge >= 0.3 is 5.97 Å². The fourth-order valence-corrected chi connectivity index (χ4v) is 2.52. The summed E-state index contributed by atoms with van der Waals surface area (Å²) in [5.41, 5.74) is 3.91. The van der Waals surface area contributed by atoms with Crippen LogP contribution in [0.2, 0.25) is 0 Å². The monoisotopic (exact) mass is 255 g/mol. The van der Waals surface area contributed by atoms with Gasteiger partial charge in [0.15, 0.2) is 0 Å². The molecule has 0 radical (unpaired) electrons. The maximum atomic E-state index is 11.2. The molecule has 1 aliphatic rings. The van der Waals surface area contributed by atoms with E-state index in [0.717, 1.165) is 31.7 Å². The molecule has 0 aromatic carbocycles. The second-order valence-corrected chi connectivity index (χ2v) is 5.03. The lowest BCUT2D eigenvalue weighted by molar-refractivity contribution is -0.141. The van der Waals surface area contributed by atoms with Crippen molar-refractivity contribution in [3.05, 3.63) is 22.4 Å². The minimum Gasteiger partial charge on any atom is -0.480 e. The Morgan fingerprint density at radius 2 is 2.18 bits per heavy atom. The van der Waals surface area contributed by atoms with Crippen LogP contribution in [-0.4, -0.2) is 54.2 Å². The van der Waals surface area contributed by atoms with Gasteiger partial charge in [0.1, 0.15) is 6.04 Å². The van der Waals surface area contributed by atoms with E-state index in [9.17, 15) is 9.90 Å². The highest BCUT2D eigenvalue weighted by Gasteiger charge is 2.24. The predicted molar refractivity (Wildman–Crippen MR) is 66.9 cm³/mol. The molecule has 1 fully saturated rings. The largest absolute Gasteiger partial charge is 0.480 e. The number of piperazine rings is 1. The van der Waals surface area contributed by atoms with E-state index in [0.29, 0.717) is 0 Å². The summed E-state index contributed by atoms with van der Waals surface area (Å²) in [6.07, 6.45) is 0. The molecule has 1 unspecified atom stereocenters. The van der Waals surface area contributed by atoms with Gasteiger partial charge in [-0.25, -0.2) is 10.4 Å². The van der Waals surface area contributed by atoms with Gasteiger partial charge in [-0.2, -0.15) is 11.3 Å². The fraction of sp³-hybridized carbons (Fsp3) is 0.545. The summed E-state index contributed by atoms with van der Waals surface area (Å²) in [7, 11) is 2.07. The molecule has 2 N–H and O–H groups in total. The minimum absolute atomic E-state index is 0.635. The van der Waals surface area contributed by atoms with Gasteiger partial charge in [-0.05, 0) is 29.4 Å². The van der Waals surface area contributed by atoms with Gasteiger partial charge in [-0.3, -0.25) is 4.79 Å². The van der Waals surface area contributed by atoms with Crippen molar-refractivity contribution in [2.45, 2.75) is 6.04 Å². The molecule has 1 aromatic rings. The van der Waals surface area contributed by atoms with Crippen LogP contribution in [0.25, 0.3) is 0 Å². The van der Waals surface area contributed by atoms with Crippen LogP contribution < -0.4 is 5.43 Å². The Morgan fingerprint density at radius 1 is 1.47 bits per heavy atom. The zero-order valence-corrected chi connectivity index (χ0v) is 10.6. The van der Waals surface area contributed by atoms with Crippen molar-refractivity contribution in [2.75, 3.05) is 33.2 Å². The lowest BCUT2D eigenvalue weighted by atomic mass is 10.1. The highest BCUT2D eigenvalue weighted by molar-refractivity contribution is 7.08. The van der Waals surface area contributed by atoms with Crippen LogP contribution in [0.4, 0.5) is 0 Å². The molecule has 1 aromatic heterocycles. The first-order chi connectivity index (χ1) is 8.16.